The van der Waals surface area contributed by atoms with Gasteiger partial charge in [0.05, 0.1) is 28.8 Å². The molecule has 120 valence electrons. The van der Waals surface area contributed by atoms with E-state index in [0.717, 1.165) is 33.4 Å². The summed E-state index contributed by atoms with van der Waals surface area (Å²) in [7, 11) is 0. The van der Waals surface area contributed by atoms with Crippen LogP contribution in [0.1, 0.15) is 12.6 Å². The molecule has 0 aliphatic rings. The van der Waals surface area contributed by atoms with Gasteiger partial charge in [-0.15, -0.1) is 0 Å². The van der Waals surface area contributed by atoms with Crippen molar-refractivity contribution in [1.82, 2.24) is 24.5 Å². The van der Waals surface area contributed by atoms with E-state index < -0.39 is 0 Å². The number of nitrogens with one attached hydrogen (secondary N) is 2. The van der Waals surface area contributed by atoms with E-state index in [1.54, 1.807) is 10.8 Å². The SMILES string of the molecule is CCn1c(=O)[nH]c2cc3c(NCc4ccccn4)ncnc3cc21. The lowest BCUT2D eigenvalue weighted by molar-refractivity contribution is 0.753. The highest BCUT2D eigenvalue weighted by molar-refractivity contribution is 5.98. The summed E-state index contributed by atoms with van der Waals surface area (Å²) < 4.78 is 1.69. The number of H-pyrrole nitrogens is 1. The van der Waals surface area contributed by atoms with E-state index in [2.05, 4.69) is 25.3 Å². The average molecular weight is 320 g/mol. The van der Waals surface area contributed by atoms with Crippen LogP contribution in [-0.4, -0.2) is 24.5 Å². The Morgan fingerprint density at radius 2 is 2.12 bits per heavy atom. The lowest BCUT2D eigenvalue weighted by Crippen LogP contribution is -2.14. The number of hydrogen-bond donors (Lipinski definition) is 2. The first-order chi connectivity index (χ1) is 11.8. The third-order valence-electron chi connectivity index (χ3n) is 4.01. The Labute approximate surface area is 137 Å². The van der Waals surface area contributed by atoms with Crippen molar-refractivity contribution in [2.24, 2.45) is 0 Å². The number of aromatic nitrogens is 5. The fraction of sp³-hybridized carbons (Fsp3) is 0.176. The van der Waals surface area contributed by atoms with Crippen molar-refractivity contribution in [3.63, 3.8) is 0 Å². The predicted molar refractivity (Wildman–Crippen MR) is 92.9 cm³/mol. The van der Waals surface area contributed by atoms with Crippen molar-refractivity contribution >= 4 is 27.8 Å². The molecule has 0 aliphatic heterocycles. The quantitative estimate of drug-likeness (QED) is 0.602. The molecule has 7 nitrogen and oxygen atoms in total. The van der Waals surface area contributed by atoms with E-state index in [4.69, 9.17) is 0 Å². The fourth-order valence-electron chi connectivity index (χ4n) is 2.84. The Morgan fingerprint density at radius 1 is 1.21 bits per heavy atom. The third-order valence-corrected chi connectivity index (χ3v) is 4.01. The van der Waals surface area contributed by atoms with Crippen LogP contribution in [0, 0.1) is 0 Å². The van der Waals surface area contributed by atoms with Gasteiger partial charge in [0, 0.05) is 18.1 Å². The zero-order valence-corrected chi connectivity index (χ0v) is 13.2. The molecule has 0 spiro atoms. The van der Waals surface area contributed by atoms with Gasteiger partial charge in [-0.05, 0) is 31.2 Å². The predicted octanol–water partition coefficient (Wildman–Crippen LogP) is 2.30. The highest BCUT2D eigenvalue weighted by atomic mass is 16.1. The van der Waals surface area contributed by atoms with Crippen LogP contribution in [0.15, 0.2) is 47.7 Å². The lowest BCUT2D eigenvalue weighted by atomic mass is 10.2. The van der Waals surface area contributed by atoms with Crippen molar-refractivity contribution in [2.45, 2.75) is 20.0 Å². The number of fused-ring (bicyclic) bond motifs is 2. The van der Waals surface area contributed by atoms with Gasteiger partial charge in [-0.2, -0.15) is 0 Å². The van der Waals surface area contributed by atoms with E-state index in [1.165, 1.54) is 6.33 Å². The summed E-state index contributed by atoms with van der Waals surface area (Å²) in [5.41, 5.74) is 3.24. The minimum atomic E-state index is -0.112. The monoisotopic (exact) mass is 320 g/mol. The van der Waals surface area contributed by atoms with Crippen LogP contribution in [-0.2, 0) is 13.1 Å². The third kappa shape index (κ3) is 2.40. The summed E-state index contributed by atoms with van der Waals surface area (Å²) in [5.74, 6) is 0.720. The Morgan fingerprint density at radius 3 is 2.92 bits per heavy atom. The number of nitrogens with zero attached hydrogens (tertiary/aromatic N) is 4. The van der Waals surface area contributed by atoms with Gasteiger partial charge in [0.15, 0.2) is 0 Å². The summed E-state index contributed by atoms with van der Waals surface area (Å²) in [6.45, 7) is 3.12. The van der Waals surface area contributed by atoms with Crippen molar-refractivity contribution in [3.05, 3.63) is 59.0 Å². The highest BCUT2D eigenvalue weighted by Gasteiger charge is 2.10. The van der Waals surface area contributed by atoms with E-state index in [1.807, 2.05) is 37.3 Å². The topological polar surface area (TPSA) is 88.5 Å². The molecule has 2 N–H and O–H groups in total. The number of imidazole rings is 1. The van der Waals surface area contributed by atoms with Crippen LogP contribution >= 0.6 is 0 Å². The normalized spacial score (nSPS) is 11.2. The molecule has 0 radical (unpaired) electrons. The van der Waals surface area contributed by atoms with Crippen LogP contribution in [0.4, 0.5) is 5.82 Å². The fourth-order valence-corrected chi connectivity index (χ4v) is 2.84. The molecule has 0 atom stereocenters. The number of aryl methyl sites for hydroxylation is 1. The first-order valence-electron chi connectivity index (χ1n) is 7.77. The van der Waals surface area contributed by atoms with Gasteiger partial charge in [0.1, 0.15) is 12.1 Å². The van der Waals surface area contributed by atoms with Gasteiger partial charge in [-0.1, -0.05) is 6.07 Å². The zero-order chi connectivity index (χ0) is 16.5. The lowest BCUT2D eigenvalue weighted by Gasteiger charge is -2.08. The maximum Gasteiger partial charge on any atom is 0.326 e. The molecule has 0 saturated carbocycles. The van der Waals surface area contributed by atoms with Gasteiger partial charge in [0.25, 0.3) is 0 Å². The Hall–Kier alpha value is -3.22. The molecule has 1 aromatic carbocycles. The first-order valence-corrected chi connectivity index (χ1v) is 7.77. The number of anilines is 1. The summed E-state index contributed by atoms with van der Waals surface area (Å²) in [6, 6.07) is 9.62. The van der Waals surface area contributed by atoms with Crippen molar-refractivity contribution in [2.75, 3.05) is 5.32 Å². The van der Waals surface area contributed by atoms with Crippen LogP contribution in [0.25, 0.3) is 21.9 Å². The van der Waals surface area contributed by atoms with Crippen LogP contribution in [0.2, 0.25) is 0 Å². The van der Waals surface area contributed by atoms with Gasteiger partial charge in [0.2, 0.25) is 0 Å². The van der Waals surface area contributed by atoms with Gasteiger partial charge >= 0.3 is 5.69 Å². The number of hydrogen-bond acceptors (Lipinski definition) is 5. The second-order valence-corrected chi connectivity index (χ2v) is 5.46. The molecular weight excluding hydrogens is 304 g/mol. The van der Waals surface area contributed by atoms with E-state index in [0.29, 0.717) is 13.1 Å². The molecule has 0 saturated heterocycles. The molecule has 0 aliphatic carbocycles. The number of benzene rings is 1. The molecule has 4 aromatic rings. The maximum atomic E-state index is 12.0. The van der Waals surface area contributed by atoms with Crippen molar-refractivity contribution in [3.8, 4) is 0 Å². The maximum absolute atomic E-state index is 12.0. The molecular formula is C17H16N6O. The molecule has 0 bridgehead atoms. The van der Waals surface area contributed by atoms with Crippen LogP contribution in [0.5, 0.6) is 0 Å². The Kier molecular flexibility index (Phi) is 3.45. The molecule has 7 heteroatoms. The minimum Gasteiger partial charge on any atom is -0.364 e. The molecule has 24 heavy (non-hydrogen) atoms. The second-order valence-electron chi connectivity index (χ2n) is 5.46. The molecule has 0 unspecified atom stereocenters. The number of rotatable bonds is 4. The Bertz CT molecular complexity index is 1070. The second kappa shape index (κ2) is 5.77. The average Bonchev–Trinajstić information content (AvgIpc) is 2.93. The first kappa shape index (κ1) is 14.4. The summed E-state index contributed by atoms with van der Waals surface area (Å²) in [5, 5.41) is 4.16. The number of pyridine rings is 1. The van der Waals surface area contributed by atoms with E-state index >= 15 is 0 Å². The smallest absolute Gasteiger partial charge is 0.326 e. The van der Waals surface area contributed by atoms with Gasteiger partial charge in [-0.3, -0.25) is 9.55 Å². The summed E-state index contributed by atoms with van der Waals surface area (Å²) in [6.07, 6.45) is 3.28. The van der Waals surface area contributed by atoms with Crippen LogP contribution < -0.4 is 11.0 Å². The van der Waals surface area contributed by atoms with E-state index in [9.17, 15) is 4.79 Å². The van der Waals surface area contributed by atoms with Crippen LogP contribution in [0.3, 0.4) is 0 Å². The zero-order valence-electron chi connectivity index (χ0n) is 13.2. The number of aromatic amines is 1. The highest BCUT2D eigenvalue weighted by Crippen LogP contribution is 2.24. The minimum absolute atomic E-state index is 0.112. The van der Waals surface area contributed by atoms with E-state index in [-0.39, 0.29) is 5.69 Å². The summed E-state index contributed by atoms with van der Waals surface area (Å²) in [4.78, 5) is 27.8. The van der Waals surface area contributed by atoms with Gasteiger partial charge in [-0.25, -0.2) is 14.8 Å². The molecule has 3 aromatic heterocycles. The van der Waals surface area contributed by atoms with Gasteiger partial charge < -0.3 is 10.3 Å². The largest absolute Gasteiger partial charge is 0.364 e. The molecule has 0 amide bonds. The standard InChI is InChI=1S/C17H16N6O/c1-2-23-15-8-13-12(7-14(15)22-17(23)24)16(21-10-20-13)19-9-11-5-3-4-6-18-11/h3-8,10H,2,9H2,1H3,(H,22,24)(H,19,20,21). The molecule has 0 fully saturated rings. The van der Waals surface area contributed by atoms with Crippen molar-refractivity contribution in [1.29, 1.82) is 0 Å². The Balaban J connectivity index is 1.79. The van der Waals surface area contributed by atoms with Crippen molar-refractivity contribution < 1.29 is 0 Å². The molecule has 4 rings (SSSR count). The summed E-state index contributed by atoms with van der Waals surface area (Å²) >= 11 is 0. The molecule has 3 heterocycles.